The Labute approximate surface area is 192 Å². The molecule has 0 aromatic heterocycles. The SMILES string of the molecule is COc1ccccc1C1=C(Nc2ccc(C(C)C)cc2)C(=O)N(Cc2ccc(F)cc2)C1=O. The number of hydrogen-bond donors (Lipinski definition) is 1. The van der Waals surface area contributed by atoms with Crippen LogP contribution in [0.4, 0.5) is 10.1 Å². The molecule has 0 saturated carbocycles. The van der Waals surface area contributed by atoms with Crippen LogP contribution in [0.1, 0.15) is 36.5 Å². The van der Waals surface area contributed by atoms with E-state index >= 15 is 0 Å². The first-order chi connectivity index (χ1) is 15.9. The van der Waals surface area contributed by atoms with Gasteiger partial charge in [0.05, 0.1) is 19.2 Å². The number of amides is 2. The zero-order valence-corrected chi connectivity index (χ0v) is 18.8. The smallest absolute Gasteiger partial charge is 0.278 e. The number of methoxy groups -OCH3 is 1. The van der Waals surface area contributed by atoms with E-state index in [-0.39, 0.29) is 23.6 Å². The summed E-state index contributed by atoms with van der Waals surface area (Å²) in [7, 11) is 1.52. The molecule has 0 atom stereocenters. The molecule has 168 valence electrons. The Morgan fingerprint density at radius 3 is 2.21 bits per heavy atom. The van der Waals surface area contributed by atoms with Crippen molar-refractivity contribution in [2.24, 2.45) is 0 Å². The summed E-state index contributed by atoms with van der Waals surface area (Å²) in [6.45, 7) is 4.25. The Kier molecular flexibility index (Phi) is 6.27. The van der Waals surface area contributed by atoms with Crippen molar-refractivity contribution in [3.8, 4) is 5.75 Å². The standard InChI is InChI=1S/C27H25FN2O3/c1-17(2)19-10-14-21(15-11-19)29-25-24(22-6-4-5-7-23(22)33-3)26(31)30(27(25)32)16-18-8-12-20(28)13-9-18/h4-15,17,29H,16H2,1-3H3. The van der Waals surface area contributed by atoms with Crippen molar-refractivity contribution in [2.75, 3.05) is 12.4 Å². The average Bonchev–Trinajstić information content (AvgIpc) is 3.04. The van der Waals surface area contributed by atoms with Gasteiger partial charge in [-0.2, -0.15) is 0 Å². The van der Waals surface area contributed by atoms with E-state index in [2.05, 4.69) is 19.2 Å². The lowest BCUT2D eigenvalue weighted by molar-refractivity contribution is -0.137. The Morgan fingerprint density at radius 2 is 1.58 bits per heavy atom. The lowest BCUT2D eigenvalue weighted by Crippen LogP contribution is -2.32. The van der Waals surface area contributed by atoms with Crippen molar-refractivity contribution >= 4 is 23.1 Å². The maximum absolute atomic E-state index is 13.5. The molecule has 2 amide bonds. The van der Waals surface area contributed by atoms with Gasteiger partial charge in [-0.15, -0.1) is 0 Å². The van der Waals surface area contributed by atoms with Gasteiger partial charge in [0, 0.05) is 11.3 Å². The predicted molar refractivity (Wildman–Crippen MR) is 126 cm³/mol. The molecule has 33 heavy (non-hydrogen) atoms. The molecular formula is C27H25FN2O3. The zero-order chi connectivity index (χ0) is 23.5. The van der Waals surface area contributed by atoms with Gasteiger partial charge in [-0.3, -0.25) is 14.5 Å². The van der Waals surface area contributed by atoms with E-state index in [1.807, 2.05) is 24.3 Å². The zero-order valence-electron chi connectivity index (χ0n) is 18.8. The number of nitrogens with one attached hydrogen (secondary N) is 1. The first-order valence-electron chi connectivity index (χ1n) is 10.7. The van der Waals surface area contributed by atoms with Gasteiger partial charge in [-0.1, -0.05) is 56.3 Å². The third-order valence-electron chi connectivity index (χ3n) is 5.64. The lowest BCUT2D eigenvalue weighted by atomic mass is 10.0. The first-order valence-corrected chi connectivity index (χ1v) is 10.7. The van der Waals surface area contributed by atoms with E-state index in [1.165, 1.54) is 29.7 Å². The van der Waals surface area contributed by atoms with Gasteiger partial charge < -0.3 is 10.1 Å². The number of nitrogens with zero attached hydrogens (tertiary/aromatic N) is 1. The van der Waals surface area contributed by atoms with Crippen molar-refractivity contribution in [3.05, 3.63) is 101 Å². The molecular weight excluding hydrogens is 419 g/mol. The molecule has 1 aliphatic heterocycles. The normalized spacial score (nSPS) is 13.8. The first kappa shape index (κ1) is 22.3. The molecule has 4 rings (SSSR count). The van der Waals surface area contributed by atoms with Gasteiger partial charge in [0.15, 0.2) is 0 Å². The molecule has 5 nitrogen and oxygen atoms in total. The van der Waals surface area contributed by atoms with Crippen LogP contribution in [0, 0.1) is 5.82 Å². The van der Waals surface area contributed by atoms with Gasteiger partial charge in [0.2, 0.25) is 0 Å². The summed E-state index contributed by atoms with van der Waals surface area (Å²) in [5.41, 5.74) is 3.48. The highest BCUT2D eigenvalue weighted by molar-refractivity contribution is 6.36. The van der Waals surface area contributed by atoms with Gasteiger partial charge in [0.1, 0.15) is 17.3 Å². The number of anilines is 1. The van der Waals surface area contributed by atoms with Crippen molar-refractivity contribution in [3.63, 3.8) is 0 Å². The fraction of sp³-hybridized carbons (Fsp3) is 0.185. The van der Waals surface area contributed by atoms with Crippen LogP contribution >= 0.6 is 0 Å². The molecule has 3 aromatic carbocycles. The summed E-state index contributed by atoms with van der Waals surface area (Å²) < 4.78 is 18.8. The molecule has 0 radical (unpaired) electrons. The molecule has 0 fully saturated rings. The summed E-state index contributed by atoms with van der Waals surface area (Å²) in [6, 6.07) is 20.6. The Morgan fingerprint density at radius 1 is 0.909 bits per heavy atom. The highest BCUT2D eigenvalue weighted by atomic mass is 19.1. The number of imide groups is 1. The number of para-hydroxylation sites is 1. The van der Waals surface area contributed by atoms with Crippen LogP contribution < -0.4 is 10.1 Å². The molecule has 0 saturated heterocycles. The van der Waals surface area contributed by atoms with E-state index in [1.54, 1.807) is 36.4 Å². The number of carbonyl (C=O) groups is 2. The van der Waals surface area contributed by atoms with E-state index in [0.29, 0.717) is 28.5 Å². The van der Waals surface area contributed by atoms with Gasteiger partial charge >= 0.3 is 0 Å². The largest absolute Gasteiger partial charge is 0.496 e. The summed E-state index contributed by atoms with van der Waals surface area (Å²) in [6.07, 6.45) is 0. The molecule has 0 unspecified atom stereocenters. The minimum Gasteiger partial charge on any atom is -0.496 e. The van der Waals surface area contributed by atoms with E-state index < -0.39 is 11.8 Å². The molecule has 0 bridgehead atoms. The number of hydrogen-bond acceptors (Lipinski definition) is 4. The Hall–Kier alpha value is -3.93. The van der Waals surface area contributed by atoms with Crippen LogP contribution in [0.3, 0.4) is 0 Å². The Balaban J connectivity index is 1.74. The van der Waals surface area contributed by atoms with E-state index in [4.69, 9.17) is 4.74 Å². The fourth-order valence-corrected chi connectivity index (χ4v) is 3.80. The molecule has 6 heteroatoms. The minimum atomic E-state index is -0.446. The number of benzene rings is 3. The number of carbonyl (C=O) groups excluding carboxylic acids is 2. The maximum atomic E-state index is 13.5. The molecule has 1 aliphatic rings. The monoisotopic (exact) mass is 444 g/mol. The Bertz CT molecular complexity index is 1210. The van der Waals surface area contributed by atoms with Crippen molar-refractivity contribution in [2.45, 2.75) is 26.3 Å². The van der Waals surface area contributed by atoms with Crippen LogP contribution in [0.2, 0.25) is 0 Å². The summed E-state index contributed by atoms with van der Waals surface area (Å²) >= 11 is 0. The third kappa shape index (κ3) is 4.51. The van der Waals surface area contributed by atoms with Crippen molar-refractivity contribution < 1.29 is 18.7 Å². The van der Waals surface area contributed by atoms with E-state index in [9.17, 15) is 14.0 Å². The lowest BCUT2D eigenvalue weighted by Gasteiger charge is -2.16. The van der Waals surface area contributed by atoms with Gasteiger partial charge in [0.25, 0.3) is 11.8 Å². The van der Waals surface area contributed by atoms with Crippen LogP contribution in [-0.2, 0) is 16.1 Å². The summed E-state index contributed by atoms with van der Waals surface area (Å²) in [5, 5.41) is 3.16. The quantitative estimate of drug-likeness (QED) is 0.499. The molecule has 0 aliphatic carbocycles. The van der Waals surface area contributed by atoms with Crippen molar-refractivity contribution in [1.29, 1.82) is 0 Å². The highest BCUT2D eigenvalue weighted by Gasteiger charge is 2.40. The van der Waals surface area contributed by atoms with Gasteiger partial charge in [-0.05, 0) is 47.4 Å². The molecule has 1 heterocycles. The third-order valence-corrected chi connectivity index (χ3v) is 5.64. The highest BCUT2D eigenvalue weighted by Crippen LogP contribution is 2.36. The second-order valence-electron chi connectivity index (χ2n) is 8.17. The van der Waals surface area contributed by atoms with Crippen LogP contribution in [0.5, 0.6) is 5.75 Å². The van der Waals surface area contributed by atoms with Gasteiger partial charge in [-0.25, -0.2) is 4.39 Å². The second-order valence-corrected chi connectivity index (χ2v) is 8.17. The average molecular weight is 445 g/mol. The van der Waals surface area contributed by atoms with Crippen LogP contribution in [0.25, 0.3) is 5.57 Å². The number of ether oxygens (including phenoxy) is 1. The molecule has 1 N–H and O–H groups in total. The summed E-state index contributed by atoms with van der Waals surface area (Å²) in [4.78, 5) is 28.1. The molecule has 3 aromatic rings. The van der Waals surface area contributed by atoms with Crippen LogP contribution in [-0.4, -0.2) is 23.8 Å². The predicted octanol–water partition coefficient (Wildman–Crippen LogP) is 5.35. The van der Waals surface area contributed by atoms with Crippen molar-refractivity contribution in [1.82, 2.24) is 4.90 Å². The van der Waals surface area contributed by atoms with E-state index in [0.717, 1.165) is 0 Å². The fourth-order valence-electron chi connectivity index (χ4n) is 3.80. The summed E-state index contributed by atoms with van der Waals surface area (Å²) in [5.74, 6) is -0.388. The molecule has 0 spiro atoms. The second kappa shape index (κ2) is 9.28. The van der Waals surface area contributed by atoms with Crippen LogP contribution in [0.15, 0.2) is 78.5 Å². The minimum absolute atomic E-state index is 0.0358. The topological polar surface area (TPSA) is 58.6 Å². The maximum Gasteiger partial charge on any atom is 0.278 e. The number of rotatable bonds is 7. The number of halogens is 1.